The molecule has 0 aliphatic heterocycles. The molecule has 0 bridgehead atoms. The molecule has 0 saturated carbocycles. The largest absolute Gasteiger partial charge is 0.436 e. The van der Waals surface area contributed by atoms with Crippen LogP contribution in [-0.2, 0) is 9.78 Å². The Morgan fingerprint density at radius 2 is 2.33 bits per heavy atom. The minimum atomic E-state index is -0.995. The zero-order chi connectivity index (χ0) is 4.99. The van der Waals surface area contributed by atoms with E-state index in [-0.39, 0.29) is 0 Å². The second kappa shape index (κ2) is 2.47. The molecule has 0 aliphatic rings. The highest BCUT2D eigenvalue weighted by atomic mass is 17.2. The summed E-state index contributed by atoms with van der Waals surface area (Å²) in [5.74, 6) is 0. The monoisotopic (exact) mass is 90.0 g/mol. The summed E-state index contributed by atoms with van der Waals surface area (Å²) in [5.41, 5.74) is 4.38. The quantitative estimate of drug-likeness (QED) is 0.358. The van der Waals surface area contributed by atoms with Crippen LogP contribution < -0.4 is 5.73 Å². The molecule has 0 rings (SSSR count). The fourth-order valence-corrected chi connectivity index (χ4v) is 0.0581. The standard InChI is InChI=1S/C2H4NO3/c1-5-6-2(3)4/h1H2,(H2,3,4). The maximum atomic E-state index is 9.43. The normalized spacial score (nSPS) is 7.50. The van der Waals surface area contributed by atoms with Gasteiger partial charge in [-0.05, 0) is 0 Å². The molecule has 1 amide bonds. The molecule has 0 aromatic heterocycles. The van der Waals surface area contributed by atoms with E-state index in [1.54, 1.807) is 0 Å². The van der Waals surface area contributed by atoms with Gasteiger partial charge >= 0.3 is 6.09 Å². The molecule has 0 atom stereocenters. The van der Waals surface area contributed by atoms with E-state index in [0.29, 0.717) is 0 Å². The number of rotatable bonds is 1. The molecule has 0 unspecified atom stereocenters. The molecule has 6 heavy (non-hydrogen) atoms. The predicted molar refractivity (Wildman–Crippen MR) is 17.1 cm³/mol. The van der Waals surface area contributed by atoms with Crippen LogP contribution in [0.3, 0.4) is 0 Å². The molecule has 2 N–H and O–H groups in total. The van der Waals surface area contributed by atoms with Crippen molar-refractivity contribution in [2.45, 2.75) is 0 Å². The summed E-state index contributed by atoms with van der Waals surface area (Å²) in [6.45, 7) is 0. The Morgan fingerprint density at radius 3 is 2.33 bits per heavy atom. The molecule has 1 radical (unpaired) electrons. The number of primary amides is 1. The van der Waals surface area contributed by atoms with Crippen LogP contribution in [0.5, 0.6) is 0 Å². The second-order valence-electron chi connectivity index (χ2n) is 0.520. The fourth-order valence-electron chi connectivity index (χ4n) is 0.0581. The van der Waals surface area contributed by atoms with E-state index >= 15 is 0 Å². The van der Waals surface area contributed by atoms with Crippen LogP contribution in [0.4, 0.5) is 4.79 Å². The molecule has 0 heterocycles. The lowest BCUT2D eigenvalue weighted by atomic mass is 11.3. The van der Waals surface area contributed by atoms with Crippen molar-refractivity contribution in [3.63, 3.8) is 0 Å². The molecular formula is C2H4NO3. The van der Waals surface area contributed by atoms with E-state index in [0.717, 1.165) is 0 Å². The summed E-state index contributed by atoms with van der Waals surface area (Å²) >= 11 is 0. The molecule has 0 spiro atoms. The Morgan fingerprint density at radius 1 is 1.83 bits per heavy atom. The van der Waals surface area contributed by atoms with Gasteiger partial charge in [0.15, 0.2) is 0 Å². The average Bonchev–Trinajstić information content (AvgIpc) is 1.35. The number of nitrogens with two attached hydrogens (primary N) is 1. The second-order valence-corrected chi connectivity index (χ2v) is 0.520. The Labute approximate surface area is 34.8 Å². The van der Waals surface area contributed by atoms with Crippen molar-refractivity contribution in [3.8, 4) is 0 Å². The van der Waals surface area contributed by atoms with Crippen molar-refractivity contribution in [2.24, 2.45) is 5.73 Å². The molecule has 0 aliphatic carbocycles. The van der Waals surface area contributed by atoms with Gasteiger partial charge in [-0.3, -0.25) is 4.89 Å². The van der Waals surface area contributed by atoms with Gasteiger partial charge in [0.25, 0.3) is 0 Å². The zero-order valence-electron chi connectivity index (χ0n) is 3.01. The topological polar surface area (TPSA) is 61.6 Å². The molecule has 0 aromatic carbocycles. The zero-order valence-corrected chi connectivity index (χ0v) is 3.01. The summed E-state index contributed by atoms with van der Waals surface area (Å²) in [6, 6.07) is 0. The van der Waals surface area contributed by atoms with E-state index in [2.05, 4.69) is 22.6 Å². The fraction of sp³-hybridized carbons (Fsp3) is 0. The van der Waals surface area contributed by atoms with Crippen LogP contribution in [-0.4, -0.2) is 6.09 Å². The van der Waals surface area contributed by atoms with Crippen molar-refractivity contribution in [3.05, 3.63) is 7.11 Å². The highest BCUT2D eigenvalue weighted by molar-refractivity contribution is 5.63. The maximum Gasteiger partial charge on any atom is 0.436 e. The lowest BCUT2D eigenvalue weighted by Crippen LogP contribution is -2.10. The first-order valence-electron chi connectivity index (χ1n) is 1.15. The van der Waals surface area contributed by atoms with Gasteiger partial charge in [-0.15, -0.1) is 0 Å². The lowest BCUT2D eigenvalue weighted by molar-refractivity contribution is -0.188. The van der Waals surface area contributed by atoms with Gasteiger partial charge in [0.05, 0.1) is 0 Å². The van der Waals surface area contributed by atoms with E-state index < -0.39 is 6.09 Å². The third-order valence-corrected chi connectivity index (χ3v) is 0.141. The van der Waals surface area contributed by atoms with Gasteiger partial charge in [-0.2, -0.15) is 4.89 Å². The summed E-state index contributed by atoms with van der Waals surface area (Å²) in [5, 5.41) is 0. The van der Waals surface area contributed by atoms with Crippen molar-refractivity contribution in [1.29, 1.82) is 0 Å². The van der Waals surface area contributed by atoms with Crippen molar-refractivity contribution in [1.82, 2.24) is 0 Å². The van der Waals surface area contributed by atoms with Gasteiger partial charge < -0.3 is 5.73 Å². The Balaban J connectivity index is 2.83. The highest BCUT2D eigenvalue weighted by Crippen LogP contribution is 1.68. The minimum absolute atomic E-state index is 0.995. The summed E-state index contributed by atoms with van der Waals surface area (Å²) in [7, 11) is 2.70. The number of hydrogen-bond acceptors (Lipinski definition) is 3. The van der Waals surface area contributed by atoms with Crippen molar-refractivity contribution in [2.75, 3.05) is 0 Å². The Kier molecular flexibility index (Phi) is 2.15. The molecule has 4 heteroatoms. The summed E-state index contributed by atoms with van der Waals surface area (Å²) in [6.07, 6.45) is -0.995. The van der Waals surface area contributed by atoms with Gasteiger partial charge in [-0.25, -0.2) is 4.79 Å². The molecule has 35 valence electrons. The third-order valence-electron chi connectivity index (χ3n) is 0.141. The summed E-state index contributed by atoms with van der Waals surface area (Å²) < 4.78 is 0. The van der Waals surface area contributed by atoms with Gasteiger partial charge in [0.1, 0.15) is 7.11 Å². The minimum Gasteiger partial charge on any atom is -0.333 e. The first-order chi connectivity index (χ1) is 2.77. The van der Waals surface area contributed by atoms with Crippen molar-refractivity contribution < 1.29 is 14.6 Å². The highest BCUT2D eigenvalue weighted by Gasteiger charge is 1.84. The molecule has 0 fully saturated rings. The molecule has 4 nitrogen and oxygen atoms in total. The third kappa shape index (κ3) is 3.23. The van der Waals surface area contributed by atoms with Crippen molar-refractivity contribution >= 4 is 6.09 Å². The lowest BCUT2D eigenvalue weighted by Gasteiger charge is -1.86. The van der Waals surface area contributed by atoms with Crippen LogP contribution in [0.25, 0.3) is 0 Å². The van der Waals surface area contributed by atoms with E-state index in [4.69, 9.17) is 0 Å². The molecular weight excluding hydrogens is 86.0 g/mol. The Bertz CT molecular complexity index is 52.8. The summed E-state index contributed by atoms with van der Waals surface area (Å²) in [4.78, 5) is 16.6. The van der Waals surface area contributed by atoms with Gasteiger partial charge in [0, 0.05) is 0 Å². The molecule has 0 saturated heterocycles. The van der Waals surface area contributed by atoms with Crippen LogP contribution in [0.15, 0.2) is 0 Å². The van der Waals surface area contributed by atoms with E-state index in [1.165, 1.54) is 0 Å². The first kappa shape index (κ1) is 5.23. The number of carbonyl (C=O) groups excluding carboxylic acids is 1. The maximum absolute atomic E-state index is 9.43. The smallest absolute Gasteiger partial charge is 0.333 e. The first-order valence-corrected chi connectivity index (χ1v) is 1.15. The number of hydrogen-bond donors (Lipinski definition) is 1. The van der Waals surface area contributed by atoms with E-state index in [1.807, 2.05) is 0 Å². The number of amides is 1. The van der Waals surface area contributed by atoms with Gasteiger partial charge in [0.2, 0.25) is 0 Å². The van der Waals surface area contributed by atoms with Crippen LogP contribution >= 0.6 is 0 Å². The predicted octanol–water partition coefficient (Wildman–Crippen LogP) is -0.195. The Hall–Kier alpha value is -0.770. The average molecular weight is 90.1 g/mol. The van der Waals surface area contributed by atoms with Crippen LogP contribution in [0.1, 0.15) is 0 Å². The van der Waals surface area contributed by atoms with E-state index in [9.17, 15) is 4.79 Å². The van der Waals surface area contributed by atoms with Crippen LogP contribution in [0.2, 0.25) is 0 Å². The van der Waals surface area contributed by atoms with Gasteiger partial charge in [-0.1, -0.05) is 0 Å². The SMILES string of the molecule is [CH2]OOC(N)=O. The number of carbonyl (C=O) groups is 1. The van der Waals surface area contributed by atoms with Crippen LogP contribution in [0, 0.1) is 7.11 Å². The molecule has 0 aromatic rings.